The molecule has 5 heteroatoms. The van der Waals surface area contributed by atoms with Gasteiger partial charge in [0.25, 0.3) is 0 Å². The molecule has 0 aromatic rings. The maximum absolute atomic E-state index is 6.01. The largest absolute Gasteiger partial charge is 0.378 e. The lowest BCUT2D eigenvalue weighted by Crippen LogP contribution is -2.18. The van der Waals surface area contributed by atoms with Crippen LogP contribution < -0.4 is 11.8 Å². The normalized spacial score (nSPS) is 12.6. The summed E-state index contributed by atoms with van der Waals surface area (Å²) in [6, 6.07) is 0. The fourth-order valence-electron chi connectivity index (χ4n) is 3.44. The second-order valence-corrected chi connectivity index (χ2v) is 7.76. The Kier molecular flexibility index (Phi) is 23.7. The molecule has 1 atom stereocenters. The highest BCUT2D eigenvalue weighted by Crippen LogP contribution is 2.15. The van der Waals surface area contributed by atoms with Crippen LogP contribution >= 0.6 is 0 Å². The number of hydrogen-bond donors (Lipinski definition) is 2. The highest BCUT2D eigenvalue weighted by molar-refractivity contribution is 4.59. The van der Waals surface area contributed by atoms with Crippen LogP contribution in [0.2, 0.25) is 0 Å². The van der Waals surface area contributed by atoms with Gasteiger partial charge in [0.2, 0.25) is 0 Å². The minimum absolute atomic E-state index is 0.321. The Morgan fingerprint density at radius 3 is 1.52 bits per heavy atom. The van der Waals surface area contributed by atoms with E-state index < -0.39 is 0 Å². The zero-order valence-corrected chi connectivity index (χ0v) is 18.1. The molecular formula is C22H48N2O3. The lowest BCUT2D eigenvalue weighted by Gasteiger charge is -2.17. The maximum atomic E-state index is 6.01. The van der Waals surface area contributed by atoms with E-state index in [1.165, 1.54) is 89.9 Å². The molecule has 0 saturated carbocycles. The number of ether oxygens (including phenoxy) is 1. The van der Waals surface area contributed by atoms with Crippen molar-refractivity contribution >= 4 is 0 Å². The average molecular weight is 389 g/mol. The van der Waals surface area contributed by atoms with Gasteiger partial charge in [-0.3, -0.25) is 0 Å². The first kappa shape index (κ1) is 26.8. The summed E-state index contributed by atoms with van der Waals surface area (Å²) in [4.78, 5) is 9.31. The molecule has 0 radical (unpaired) electrons. The van der Waals surface area contributed by atoms with Gasteiger partial charge < -0.3 is 14.4 Å². The molecule has 164 valence electrons. The Labute approximate surface area is 168 Å². The quantitative estimate of drug-likeness (QED) is 0.171. The third kappa shape index (κ3) is 22.0. The predicted molar refractivity (Wildman–Crippen MR) is 114 cm³/mol. The Hall–Kier alpha value is -0.200. The van der Waals surface area contributed by atoms with Gasteiger partial charge in [-0.2, -0.15) is 0 Å². The SMILES string of the molecule is CCCCCOC(CCCCCCCCCCCCCCON)CCON. The molecule has 0 amide bonds. The Balaban J connectivity index is 3.37. The lowest BCUT2D eigenvalue weighted by molar-refractivity contribution is 0.0135. The van der Waals surface area contributed by atoms with Crippen LogP contribution in [0.25, 0.3) is 0 Å². The number of nitrogens with two attached hydrogens (primary N) is 2. The summed E-state index contributed by atoms with van der Waals surface area (Å²) in [6.45, 7) is 4.40. The van der Waals surface area contributed by atoms with Crippen LogP contribution in [-0.2, 0) is 14.4 Å². The maximum Gasteiger partial charge on any atom is 0.0703 e. The summed E-state index contributed by atoms with van der Waals surface area (Å²) < 4.78 is 6.01. The van der Waals surface area contributed by atoms with Crippen molar-refractivity contribution in [3.63, 3.8) is 0 Å². The number of rotatable bonds is 23. The summed E-state index contributed by atoms with van der Waals surface area (Å²) in [6.07, 6.45) is 21.9. The molecule has 27 heavy (non-hydrogen) atoms. The first-order chi connectivity index (χ1) is 13.3. The van der Waals surface area contributed by atoms with Crippen molar-refractivity contribution < 1.29 is 14.4 Å². The smallest absolute Gasteiger partial charge is 0.0703 e. The molecule has 0 aliphatic heterocycles. The third-order valence-corrected chi connectivity index (χ3v) is 5.20. The van der Waals surface area contributed by atoms with Crippen molar-refractivity contribution in [2.45, 2.75) is 122 Å². The lowest BCUT2D eigenvalue weighted by atomic mass is 10.0. The topological polar surface area (TPSA) is 79.7 Å². The second-order valence-electron chi connectivity index (χ2n) is 7.76. The molecule has 4 N–H and O–H groups in total. The minimum Gasteiger partial charge on any atom is -0.378 e. The van der Waals surface area contributed by atoms with E-state index >= 15 is 0 Å². The van der Waals surface area contributed by atoms with E-state index in [4.69, 9.17) is 21.4 Å². The highest BCUT2D eigenvalue weighted by Gasteiger charge is 2.08. The standard InChI is InChI=1S/C22H48N2O3/c1-2-3-15-19-25-22(18-21-27-24)17-14-12-10-8-6-4-5-7-9-11-13-16-20-26-23/h22H,2-21,23-24H2,1H3. The van der Waals surface area contributed by atoms with Gasteiger partial charge >= 0.3 is 0 Å². The number of hydrogen-bond acceptors (Lipinski definition) is 5. The van der Waals surface area contributed by atoms with E-state index in [1.807, 2.05) is 0 Å². The van der Waals surface area contributed by atoms with Crippen LogP contribution in [0.1, 0.15) is 116 Å². The Bertz CT molecular complexity index is 268. The van der Waals surface area contributed by atoms with E-state index in [9.17, 15) is 0 Å². The van der Waals surface area contributed by atoms with Crippen molar-refractivity contribution in [3.05, 3.63) is 0 Å². The van der Waals surface area contributed by atoms with Gasteiger partial charge in [-0.05, 0) is 25.7 Å². The molecule has 1 unspecified atom stereocenters. The first-order valence-electron chi connectivity index (χ1n) is 11.6. The van der Waals surface area contributed by atoms with Gasteiger partial charge in [-0.15, -0.1) is 0 Å². The zero-order chi connectivity index (χ0) is 19.8. The molecule has 0 aliphatic carbocycles. The van der Waals surface area contributed by atoms with Gasteiger partial charge in [0, 0.05) is 6.61 Å². The molecule has 0 saturated heterocycles. The summed E-state index contributed by atoms with van der Waals surface area (Å²) in [5, 5.41) is 0. The summed E-state index contributed by atoms with van der Waals surface area (Å²) in [5.41, 5.74) is 0. The fraction of sp³-hybridized carbons (Fsp3) is 1.00. The number of unbranched alkanes of at least 4 members (excludes halogenated alkanes) is 13. The van der Waals surface area contributed by atoms with Crippen molar-refractivity contribution in [2.24, 2.45) is 11.8 Å². The summed E-state index contributed by atoms with van der Waals surface area (Å²) in [7, 11) is 0. The van der Waals surface area contributed by atoms with Crippen LogP contribution in [0.15, 0.2) is 0 Å². The fourth-order valence-corrected chi connectivity index (χ4v) is 3.44. The molecule has 5 nitrogen and oxygen atoms in total. The van der Waals surface area contributed by atoms with Crippen LogP contribution in [0.5, 0.6) is 0 Å². The van der Waals surface area contributed by atoms with Crippen molar-refractivity contribution in [2.75, 3.05) is 19.8 Å². The minimum atomic E-state index is 0.321. The summed E-state index contributed by atoms with van der Waals surface area (Å²) in [5.74, 6) is 10.2. The van der Waals surface area contributed by atoms with Gasteiger partial charge in [-0.1, -0.05) is 90.4 Å². The second kappa shape index (κ2) is 23.8. The third-order valence-electron chi connectivity index (χ3n) is 5.20. The van der Waals surface area contributed by atoms with E-state index in [0.29, 0.717) is 19.3 Å². The van der Waals surface area contributed by atoms with Gasteiger partial charge in [-0.25, -0.2) is 11.8 Å². The molecule has 0 heterocycles. The zero-order valence-electron chi connectivity index (χ0n) is 18.1. The molecular weight excluding hydrogens is 340 g/mol. The monoisotopic (exact) mass is 388 g/mol. The van der Waals surface area contributed by atoms with E-state index in [2.05, 4.69) is 11.8 Å². The molecule has 0 spiro atoms. The Morgan fingerprint density at radius 2 is 1.00 bits per heavy atom. The van der Waals surface area contributed by atoms with Crippen molar-refractivity contribution in [1.29, 1.82) is 0 Å². The van der Waals surface area contributed by atoms with Crippen LogP contribution in [0.3, 0.4) is 0 Å². The summed E-state index contributed by atoms with van der Waals surface area (Å²) >= 11 is 0. The van der Waals surface area contributed by atoms with E-state index in [1.54, 1.807) is 0 Å². The Morgan fingerprint density at radius 1 is 0.519 bits per heavy atom. The predicted octanol–water partition coefficient (Wildman–Crippen LogP) is 5.80. The molecule has 0 rings (SSSR count). The first-order valence-corrected chi connectivity index (χ1v) is 11.6. The van der Waals surface area contributed by atoms with Crippen LogP contribution in [-0.4, -0.2) is 25.9 Å². The van der Waals surface area contributed by atoms with Crippen LogP contribution in [0.4, 0.5) is 0 Å². The van der Waals surface area contributed by atoms with Crippen molar-refractivity contribution in [3.8, 4) is 0 Å². The molecule has 0 aromatic heterocycles. The molecule has 0 fully saturated rings. The average Bonchev–Trinajstić information content (AvgIpc) is 2.68. The van der Waals surface area contributed by atoms with E-state index in [0.717, 1.165) is 25.9 Å². The highest BCUT2D eigenvalue weighted by atomic mass is 16.6. The molecule has 0 aliphatic rings. The molecule has 0 bridgehead atoms. The van der Waals surface area contributed by atoms with Gasteiger partial charge in [0.05, 0.1) is 19.3 Å². The van der Waals surface area contributed by atoms with Crippen molar-refractivity contribution in [1.82, 2.24) is 0 Å². The molecule has 0 aromatic carbocycles. The van der Waals surface area contributed by atoms with Gasteiger partial charge in [0.1, 0.15) is 0 Å². The van der Waals surface area contributed by atoms with E-state index in [-0.39, 0.29) is 0 Å². The van der Waals surface area contributed by atoms with Crippen LogP contribution in [0, 0.1) is 0 Å². The van der Waals surface area contributed by atoms with Gasteiger partial charge in [0.15, 0.2) is 0 Å².